The van der Waals surface area contributed by atoms with E-state index in [1.165, 1.54) is 0 Å². The molecule has 1 amide bonds. The van der Waals surface area contributed by atoms with Gasteiger partial charge >= 0.3 is 0 Å². The van der Waals surface area contributed by atoms with Crippen LogP contribution in [0.3, 0.4) is 0 Å². The lowest BCUT2D eigenvalue weighted by molar-refractivity contribution is 0.0898. The molecule has 3 rings (SSSR count). The second kappa shape index (κ2) is 5.78. The number of rotatable bonds is 2. The zero-order chi connectivity index (χ0) is 17.6. The van der Waals surface area contributed by atoms with Gasteiger partial charge in [0.15, 0.2) is 11.5 Å². The standard InChI is InChI=1S/C19H20ClNO3/c1-10-5-6-12(7-13(10)20)21-18(23)17-11(2)16-14(22)8-19(3,4)9-15(16)24-17/h5-7H,8-9H2,1-4H3,(H,21,23). The Labute approximate surface area is 146 Å². The number of ketones is 1. The van der Waals surface area contributed by atoms with Crippen LogP contribution in [0.4, 0.5) is 5.69 Å². The van der Waals surface area contributed by atoms with Crippen LogP contribution in [0.25, 0.3) is 0 Å². The number of anilines is 1. The highest BCUT2D eigenvalue weighted by molar-refractivity contribution is 6.31. The number of fused-ring (bicyclic) bond motifs is 1. The summed E-state index contributed by atoms with van der Waals surface area (Å²) in [5.41, 5.74) is 2.57. The lowest BCUT2D eigenvalue weighted by Crippen LogP contribution is -2.26. The molecule has 0 atom stereocenters. The van der Waals surface area contributed by atoms with E-state index >= 15 is 0 Å². The number of hydrogen-bond acceptors (Lipinski definition) is 3. The number of carbonyl (C=O) groups is 2. The number of benzene rings is 1. The van der Waals surface area contributed by atoms with E-state index in [-0.39, 0.29) is 22.9 Å². The van der Waals surface area contributed by atoms with Gasteiger partial charge in [0.05, 0.1) is 5.56 Å². The molecule has 0 bridgehead atoms. The van der Waals surface area contributed by atoms with E-state index in [2.05, 4.69) is 5.32 Å². The van der Waals surface area contributed by atoms with Crippen molar-refractivity contribution >= 4 is 29.0 Å². The lowest BCUT2D eigenvalue weighted by Gasteiger charge is -2.27. The highest BCUT2D eigenvalue weighted by Crippen LogP contribution is 2.38. The summed E-state index contributed by atoms with van der Waals surface area (Å²) >= 11 is 6.09. The van der Waals surface area contributed by atoms with Crippen LogP contribution in [0, 0.1) is 19.3 Å². The first-order chi connectivity index (χ1) is 11.2. The van der Waals surface area contributed by atoms with Crippen molar-refractivity contribution in [2.45, 2.75) is 40.5 Å². The Morgan fingerprint density at radius 3 is 2.62 bits per heavy atom. The number of aryl methyl sites for hydroxylation is 1. The molecule has 24 heavy (non-hydrogen) atoms. The SMILES string of the molecule is Cc1ccc(NC(=O)c2oc3c(c2C)C(=O)CC(C)(C)C3)cc1Cl. The molecule has 4 nitrogen and oxygen atoms in total. The van der Waals surface area contributed by atoms with Gasteiger partial charge in [-0.25, -0.2) is 0 Å². The van der Waals surface area contributed by atoms with Gasteiger partial charge in [-0.1, -0.05) is 31.5 Å². The van der Waals surface area contributed by atoms with Gasteiger partial charge in [-0.2, -0.15) is 0 Å². The first-order valence-electron chi connectivity index (χ1n) is 7.91. The Morgan fingerprint density at radius 1 is 1.25 bits per heavy atom. The smallest absolute Gasteiger partial charge is 0.291 e. The molecule has 0 saturated heterocycles. The van der Waals surface area contributed by atoms with E-state index in [1.54, 1.807) is 19.1 Å². The maximum Gasteiger partial charge on any atom is 0.291 e. The van der Waals surface area contributed by atoms with E-state index in [1.807, 2.05) is 26.8 Å². The number of furan rings is 1. The molecular formula is C19H20ClNO3. The van der Waals surface area contributed by atoms with E-state index in [0.29, 0.717) is 40.4 Å². The summed E-state index contributed by atoms with van der Waals surface area (Å²) < 4.78 is 5.77. The summed E-state index contributed by atoms with van der Waals surface area (Å²) in [6.45, 7) is 7.71. The molecule has 2 aromatic rings. The van der Waals surface area contributed by atoms with Crippen LogP contribution >= 0.6 is 11.6 Å². The molecule has 126 valence electrons. The average molecular weight is 346 g/mol. The second-order valence-electron chi connectivity index (χ2n) is 7.21. The topological polar surface area (TPSA) is 59.3 Å². The molecule has 0 spiro atoms. The van der Waals surface area contributed by atoms with Crippen LogP contribution in [0.5, 0.6) is 0 Å². The van der Waals surface area contributed by atoms with E-state index in [4.69, 9.17) is 16.0 Å². The average Bonchev–Trinajstić information content (AvgIpc) is 2.78. The maximum absolute atomic E-state index is 12.6. The van der Waals surface area contributed by atoms with Gasteiger partial charge in [0.2, 0.25) is 0 Å². The van der Waals surface area contributed by atoms with Crippen LogP contribution in [-0.2, 0) is 6.42 Å². The molecule has 5 heteroatoms. The third-order valence-corrected chi connectivity index (χ3v) is 4.82. The van der Waals surface area contributed by atoms with Gasteiger partial charge in [0, 0.05) is 29.1 Å². The number of carbonyl (C=O) groups excluding carboxylic acids is 2. The number of hydrogen-bond donors (Lipinski definition) is 1. The van der Waals surface area contributed by atoms with Crippen molar-refractivity contribution in [2.75, 3.05) is 5.32 Å². The Morgan fingerprint density at radius 2 is 1.96 bits per heavy atom. The van der Waals surface area contributed by atoms with Crippen LogP contribution in [-0.4, -0.2) is 11.7 Å². The minimum Gasteiger partial charge on any atom is -0.455 e. The van der Waals surface area contributed by atoms with Crippen molar-refractivity contribution in [3.05, 3.63) is 51.4 Å². The zero-order valence-corrected chi connectivity index (χ0v) is 15.0. The predicted octanol–water partition coefficient (Wildman–Crippen LogP) is 4.96. The Hall–Kier alpha value is -2.07. The first-order valence-corrected chi connectivity index (χ1v) is 8.29. The molecule has 1 aromatic heterocycles. The van der Waals surface area contributed by atoms with Gasteiger partial charge in [0.1, 0.15) is 5.76 Å². The number of nitrogens with one attached hydrogen (secondary N) is 1. The minimum atomic E-state index is -0.368. The molecule has 1 aromatic carbocycles. The van der Waals surface area contributed by atoms with Crippen LogP contribution < -0.4 is 5.32 Å². The minimum absolute atomic E-state index is 0.0416. The molecule has 1 heterocycles. The van der Waals surface area contributed by atoms with Crippen molar-refractivity contribution in [1.82, 2.24) is 0 Å². The summed E-state index contributed by atoms with van der Waals surface area (Å²) in [4.78, 5) is 24.9. The molecule has 0 saturated carbocycles. The molecule has 0 unspecified atom stereocenters. The van der Waals surface area contributed by atoms with Gasteiger partial charge < -0.3 is 9.73 Å². The number of amides is 1. The normalized spacial score (nSPS) is 16.0. The van der Waals surface area contributed by atoms with Gasteiger partial charge in [-0.3, -0.25) is 9.59 Å². The van der Waals surface area contributed by atoms with Crippen molar-refractivity contribution in [3.8, 4) is 0 Å². The van der Waals surface area contributed by atoms with Gasteiger partial charge in [0.25, 0.3) is 5.91 Å². The predicted molar refractivity (Wildman–Crippen MR) is 94.0 cm³/mol. The van der Waals surface area contributed by atoms with Crippen molar-refractivity contribution in [1.29, 1.82) is 0 Å². The Kier molecular flexibility index (Phi) is 4.04. The molecule has 0 radical (unpaired) electrons. The number of Topliss-reactive ketones (excluding diaryl/α,β-unsaturated/α-hetero) is 1. The molecule has 1 N–H and O–H groups in total. The molecular weight excluding hydrogens is 326 g/mol. The van der Waals surface area contributed by atoms with Crippen LogP contribution in [0.2, 0.25) is 5.02 Å². The Bertz CT molecular complexity index is 849. The molecule has 1 aliphatic carbocycles. The zero-order valence-electron chi connectivity index (χ0n) is 14.2. The van der Waals surface area contributed by atoms with E-state index in [0.717, 1.165) is 5.56 Å². The summed E-state index contributed by atoms with van der Waals surface area (Å²) in [6.07, 6.45) is 1.12. The number of halogens is 1. The maximum atomic E-state index is 12.6. The molecule has 1 aliphatic rings. The van der Waals surface area contributed by atoms with Crippen LogP contribution in [0.1, 0.15) is 58.1 Å². The van der Waals surface area contributed by atoms with Gasteiger partial charge in [-0.15, -0.1) is 0 Å². The fraction of sp³-hybridized carbons (Fsp3) is 0.368. The third-order valence-electron chi connectivity index (χ3n) is 4.41. The molecule has 0 aliphatic heterocycles. The fourth-order valence-electron chi connectivity index (χ4n) is 3.16. The monoisotopic (exact) mass is 345 g/mol. The van der Waals surface area contributed by atoms with E-state index in [9.17, 15) is 9.59 Å². The summed E-state index contributed by atoms with van der Waals surface area (Å²) in [7, 11) is 0. The summed E-state index contributed by atoms with van der Waals surface area (Å²) in [5, 5.41) is 3.37. The van der Waals surface area contributed by atoms with E-state index < -0.39 is 0 Å². The fourth-order valence-corrected chi connectivity index (χ4v) is 3.34. The van der Waals surface area contributed by atoms with Crippen molar-refractivity contribution < 1.29 is 14.0 Å². The second-order valence-corrected chi connectivity index (χ2v) is 7.62. The summed E-state index contributed by atoms with van der Waals surface area (Å²) in [6, 6.07) is 5.32. The Balaban J connectivity index is 1.91. The quantitative estimate of drug-likeness (QED) is 0.837. The third kappa shape index (κ3) is 2.98. The van der Waals surface area contributed by atoms with Crippen LogP contribution in [0.15, 0.2) is 22.6 Å². The largest absolute Gasteiger partial charge is 0.455 e. The first kappa shape index (κ1) is 16.8. The van der Waals surface area contributed by atoms with Crippen molar-refractivity contribution in [2.24, 2.45) is 5.41 Å². The molecule has 0 fully saturated rings. The summed E-state index contributed by atoms with van der Waals surface area (Å²) in [5.74, 6) is 0.482. The van der Waals surface area contributed by atoms with Crippen molar-refractivity contribution in [3.63, 3.8) is 0 Å². The lowest BCUT2D eigenvalue weighted by atomic mass is 9.76. The van der Waals surface area contributed by atoms with Gasteiger partial charge in [-0.05, 0) is 37.0 Å². The highest BCUT2D eigenvalue weighted by Gasteiger charge is 2.37. The highest BCUT2D eigenvalue weighted by atomic mass is 35.5.